The van der Waals surface area contributed by atoms with Gasteiger partial charge in [0.05, 0.1) is 6.54 Å². The summed E-state index contributed by atoms with van der Waals surface area (Å²) in [6, 6.07) is 0. The van der Waals surface area contributed by atoms with E-state index in [-0.39, 0.29) is 11.8 Å². The molecule has 5 nitrogen and oxygen atoms in total. The maximum atomic E-state index is 11.1. The van der Waals surface area contributed by atoms with Crippen LogP contribution in [0.5, 0.6) is 0 Å². The van der Waals surface area contributed by atoms with Crippen LogP contribution in [0.15, 0.2) is 0 Å². The van der Waals surface area contributed by atoms with Gasteiger partial charge in [0.2, 0.25) is 11.8 Å². The SMILES string of the molecule is CNC(=O)CCCNCC(=O)N(C)C. The normalized spacial score (nSPS) is 9.64. The van der Waals surface area contributed by atoms with Crippen molar-refractivity contribution in [3.05, 3.63) is 0 Å². The van der Waals surface area contributed by atoms with Crippen LogP contribution in [0.4, 0.5) is 0 Å². The van der Waals surface area contributed by atoms with E-state index in [1.807, 2.05) is 0 Å². The average molecular weight is 201 g/mol. The highest BCUT2D eigenvalue weighted by atomic mass is 16.2. The molecule has 0 bridgehead atoms. The topological polar surface area (TPSA) is 61.4 Å². The fourth-order valence-corrected chi connectivity index (χ4v) is 0.852. The molecular formula is C9H19N3O2. The third-order valence-electron chi connectivity index (χ3n) is 1.81. The van der Waals surface area contributed by atoms with Gasteiger partial charge >= 0.3 is 0 Å². The Bertz CT molecular complexity index is 192. The zero-order chi connectivity index (χ0) is 11.0. The van der Waals surface area contributed by atoms with Crippen molar-refractivity contribution >= 4 is 11.8 Å². The Labute approximate surface area is 84.8 Å². The number of likely N-dealkylation sites (N-methyl/N-ethyl adjacent to an activating group) is 1. The van der Waals surface area contributed by atoms with Crippen LogP contribution < -0.4 is 10.6 Å². The first-order valence-corrected chi connectivity index (χ1v) is 4.69. The Morgan fingerprint density at radius 3 is 2.43 bits per heavy atom. The average Bonchev–Trinajstić information content (AvgIpc) is 2.16. The molecule has 0 rings (SSSR count). The number of hydrogen-bond acceptors (Lipinski definition) is 3. The Morgan fingerprint density at radius 2 is 1.93 bits per heavy atom. The lowest BCUT2D eigenvalue weighted by atomic mass is 10.3. The molecule has 0 radical (unpaired) electrons. The first kappa shape index (κ1) is 12.9. The van der Waals surface area contributed by atoms with Crippen molar-refractivity contribution in [1.82, 2.24) is 15.5 Å². The fraction of sp³-hybridized carbons (Fsp3) is 0.778. The lowest BCUT2D eigenvalue weighted by Crippen LogP contribution is -2.33. The molecule has 0 aliphatic rings. The third kappa shape index (κ3) is 6.42. The summed E-state index contributed by atoms with van der Waals surface area (Å²) in [4.78, 5) is 23.4. The molecule has 14 heavy (non-hydrogen) atoms. The highest BCUT2D eigenvalue weighted by Crippen LogP contribution is 1.86. The van der Waals surface area contributed by atoms with Crippen LogP contribution in [0.3, 0.4) is 0 Å². The second kappa shape index (κ2) is 7.32. The highest BCUT2D eigenvalue weighted by molar-refractivity contribution is 5.77. The maximum Gasteiger partial charge on any atom is 0.236 e. The minimum absolute atomic E-state index is 0.0331. The first-order chi connectivity index (χ1) is 6.57. The Balaban J connectivity index is 3.30. The molecule has 2 amide bonds. The minimum Gasteiger partial charge on any atom is -0.359 e. The minimum atomic E-state index is 0.0331. The Hall–Kier alpha value is -1.10. The van der Waals surface area contributed by atoms with Gasteiger partial charge in [-0.3, -0.25) is 9.59 Å². The highest BCUT2D eigenvalue weighted by Gasteiger charge is 2.02. The van der Waals surface area contributed by atoms with E-state index >= 15 is 0 Å². The summed E-state index contributed by atoms with van der Waals surface area (Å²) in [5.41, 5.74) is 0. The summed E-state index contributed by atoms with van der Waals surface area (Å²) in [5.74, 6) is 0.0793. The quantitative estimate of drug-likeness (QED) is 0.553. The standard InChI is InChI=1S/C9H19N3O2/c1-10-8(13)5-4-6-11-7-9(14)12(2)3/h11H,4-7H2,1-3H3,(H,10,13). The number of nitrogens with zero attached hydrogens (tertiary/aromatic N) is 1. The van der Waals surface area contributed by atoms with E-state index in [2.05, 4.69) is 10.6 Å². The molecule has 5 heteroatoms. The molecule has 0 aliphatic carbocycles. The van der Waals surface area contributed by atoms with Crippen LogP contribution in [-0.4, -0.2) is 50.9 Å². The second-order valence-electron chi connectivity index (χ2n) is 3.24. The molecule has 2 N–H and O–H groups in total. The van der Waals surface area contributed by atoms with Crippen LogP contribution in [-0.2, 0) is 9.59 Å². The largest absolute Gasteiger partial charge is 0.359 e. The van der Waals surface area contributed by atoms with Gasteiger partial charge < -0.3 is 15.5 Å². The number of nitrogens with one attached hydrogen (secondary N) is 2. The van der Waals surface area contributed by atoms with Crippen LogP contribution in [0.25, 0.3) is 0 Å². The molecule has 0 aromatic heterocycles. The molecule has 0 aliphatic heterocycles. The molecule has 0 saturated carbocycles. The van der Waals surface area contributed by atoms with Crippen molar-refractivity contribution in [3.63, 3.8) is 0 Å². The molecule has 82 valence electrons. The van der Waals surface area contributed by atoms with Gasteiger partial charge in [-0.2, -0.15) is 0 Å². The van der Waals surface area contributed by atoms with Crippen molar-refractivity contribution in [2.75, 3.05) is 34.2 Å². The van der Waals surface area contributed by atoms with E-state index in [1.165, 1.54) is 4.90 Å². The first-order valence-electron chi connectivity index (χ1n) is 4.69. The van der Waals surface area contributed by atoms with Gasteiger partial charge in [0.25, 0.3) is 0 Å². The molecule has 0 aromatic rings. The van der Waals surface area contributed by atoms with E-state index in [9.17, 15) is 9.59 Å². The van der Waals surface area contributed by atoms with Crippen LogP contribution in [0.2, 0.25) is 0 Å². The summed E-state index contributed by atoms with van der Waals surface area (Å²) in [5, 5.41) is 5.52. The zero-order valence-electron chi connectivity index (χ0n) is 9.09. The van der Waals surface area contributed by atoms with Gasteiger partial charge in [0.15, 0.2) is 0 Å². The summed E-state index contributed by atoms with van der Waals surface area (Å²) < 4.78 is 0. The van der Waals surface area contributed by atoms with Gasteiger partial charge in [0.1, 0.15) is 0 Å². The molecule has 0 spiro atoms. The third-order valence-corrected chi connectivity index (χ3v) is 1.81. The zero-order valence-corrected chi connectivity index (χ0v) is 9.09. The molecule has 0 saturated heterocycles. The predicted molar refractivity (Wildman–Crippen MR) is 54.9 cm³/mol. The van der Waals surface area contributed by atoms with Crippen molar-refractivity contribution in [2.45, 2.75) is 12.8 Å². The molecule has 0 aromatic carbocycles. The summed E-state index contributed by atoms with van der Waals surface area (Å²) in [6.07, 6.45) is 1.25. The molecule has 0 atom stereocenters. The molecule has 0 unspecified atom stereocenters. The van der Waals surface area contributed by atoms with Crippen molar-refractivity contribution < 1.29 is 9.59 Å². The lowest BCUT2D eigenvalue weighted by molar-refractivity contribution is -0.127. The molecular weight excluding hydrogens is 182 g/mol. The van der Waals surface area contributed by atoms with E-state index in [1.54, 1.807) is 21.1 Å². The Kier molecular flexibility index (Phi) is 6.74. The number of hydrogen-bond donors (Lipinski definition) is 2. The van der Waals surface area contributed by atoms with Crippen LogP contribution in [0, 0.1) is 0 Å². The van der Waals surface area contributed by atoms with E-state index in [4.69, 9.17) is 0 Å². The van der Waals surface area contributed by atoms with Gasteiger partial charge in [-0.1, -0.05) is 0 Å². The number of carbonyl (C=O) groups excluding carboxylic acids is 2. The predicted octanol–water partition coefficient (Wildman–Crippen LogP) is -0.810. The number of carbonyl (C=O) groups is 2. The smallest absolute Gasteiger partial charge is 0.236 e. The van der Waals surface area contributed by atoms with Gasteiger partial charge in [0, 0.05) is 27.6 Å². The lowest BCUT2D eigenvalue weighted by Gasteiger charge is -2.10. The van der Waals surface area contributed by atoms with E-state index in [0.29, 0.717) is 19.5 Å². The number of amides is 2. The van der Waals surface area contributed by atoms with Gasteiger partial charge in [-0.25, -0.2) is 0 Å². The second-order valence-corrected chi connectivity index (χ2v) is 3.24. The fourth-order valence-electron chi connectivity index (χ4n) is 0.852. The number of rotatable bonds is 6. The van der Waals surface area contributed by atoms with Crippen molar-refractivity contribution in [1.29, 1.82) is 0 Å². The molecule has 0 fully saturated rings. The molecule has 0 heterocycles. The van der Waals surface area contributed by atoms with Crippen LogP contribution in [0.1, 0.15) is 12.8 Å². The van der Waals surface area contributed by atoms with Gasteiger partial charge in [-0.15, -0.1) is 0 Å². The van der Waals surface area contributed by atoms with E-state index in [0.717, 1.165) is 6.42 Å². The maximum absolute atomic E-state index is 11.1. The van der Waals surface area contributed by atoms with Crippen LogP contribution >= 0.6 is 0 Å². The summed E-state index contributed by atoms with van der Waals surface area (Å²) in [7, 11) is 5.05. The summed E-state index contributed by atoms with van der Waals surface area (Å²) >= 11 is 0. The van der Waals surface area contributed by atoms with Crippen molar-refractivity contribution in [3.8, 4) is 0 Å². The van der Waals surface area contributed by atoms with Gasteiger partial charge in [-0.05, 0) is 13.0 Å². The Morgan fingerprint density at radius 1 is 1.29 bits per heavy atom. The summed E-state index contributed by atoms with van der Waals surface area (Å²) in [6.45, 7) is 1.02. The van der Waals surface area contributed by atoms with E-state index < -0.39 is 0 Å². The monoisotopic (exact) mass is 201 g/mol. The van der Waals surface area contributed by atoms with Crippen molar-refractivity contribution in [2.24, 2.45) is 0 Å².